The Morgan fingerprint density at radius 3 is 2.36 bits per heavy atom. The molecule has 10 heteroatoms. The predicted molar refractivity (Wildman–Crippen MR) is 98.4 cm³/mol. The van der Waals surface area contributed by atoms with Crippen molar-refractivity contribution in [2.75, 3.05) is 26.2 Å². The Balaban J connectivity index is 0.00000225. The van der Waals surface area contributed by atoms with Crippen LogP contribution in [0.4, 0.5) is 0 Å². The van der Waals surface area contributed by atoms with E-state index < -0.39 is 10.0 Å². The number of halogens is 1. The molecular weight excluding hydrogens is 384 g/mol. The lowest BCUT2D eigenvalue weighted by Crippen LogP contribution is -2.50. The van der Waals surface area contributed by atoms with Crippen molar-refractivity contribution in [3.05, 3.63) is 46.4 Å². The highest BCUT2D eigenvalue weighted by Crippen LogP contribution is 2.18. The quantitative estimate of drug-likeness (QED) is 0.827. The third kappa shape index (κ3) is 4.18. The van der Waals surface area contributed by atoms with Crippen LogP contribution in [0.25, 0.3) is 0 Å². The monoisotopic (exact) mass is 402 g/mol. The van der Waals surface area contributed by atoms with Crippen LogP contribution < -0.4 is 5.73 Å². The van der Waals surface area contributed by atoms with Gasteiger partial charge in [-0.25, -0.2) is 13.4 Å². The van der Waals surface area contributed by atoms with Crippen LogP contribution in [0.3, 0.4) is 0 Å². The van der Waals surface area contributed by atoms with E-state index >= 15 is 0 Å². The predicted octanol–water partition coefficient (Wildman–Crippen LogP) is 1.17. The van der Waals surface area contributed by atoms with Gasteiger partial charge >= 0.3 is 0 Å². The van der Waals surface area contributed by atoms with Crippen LogP contribution in [-0.2, 0) is 16.6 Å². The topological polar surface area (TPSA) is 96.6 Å². The minimum atomic E-state index is -3.51. The number of hydrogen-bond acceptors (Lipinski definition) is 6. The maximum absolute atomic E-state index is 12.6. The number of hydrogen-bond donors (Lipinski definition) is 1. The first-order valence-corrected chi connectivity index (χ1v) is 9.83. The molecule has 25 heavy (non-hydrogen) atoms. The fraction of sp³-hybridized carbons (Fsp3) is 0.333. The van der Waals surface area contributed by atoms with Crippen LogP contribution in [0.1, 0.15) is 15.5 Å². The SMILES string of the molecule is Cl.NCc1nc(C(=O)N2CCN(S(=O)(=O)c3ccccc3)CC2)cs1. The molecule has 1 amide bonds. The number of thiazole rings is 1. The van der Waals surface area contributed by atoms with Crippen molar-refractivity contribution in [3.63, 3.8) is 0 Å². The Morgan fingerprint density at radius 1 is 1.16 bits per heavy atom. The molecule has 7 nitrogen and oxygen atoms in total. The Bertz CT molecular complexity index is 818. The molecular formula is C15H19ClN4O3S2. The second-order valence-electron chi connectivity index (χ2n) is 5.34. The van der Waals surface area contributed by atoms with Gasteiger partial charge in [-0.3, -0.25) is 4.79 Å². The molecule has 2 N–H and O–H groups in total. The first-order valence-electron chi connectivity index (χ1n) is 7.51. The number of rotatable bonds is 4. The number of nitrogens with two attached hydrogens (primary N) is 1. The smallest absolute Gasteiger partial charge is 0.273 e. The molecule has 2 heterocycles. The van der Waals surface area contributed by atoms with E-state index in [1.807, 2.05) is 0 Å². The molecule has 1 saturated heterocycles. The highest BCUT2D eigenvalue weighted by atomic mass is 35.5. The molecule has 1 aromatic carbocycles. The molecule has 1 fully saturated rings. The summed E-state index contributed by atoms with van der Waals surface area (Å²) >= 11 is 1.35. The second kappa shape index (κ2) is 8.24. The first-order chi connectivity index (χ1) is 11.5. The molecule has 0 aliphatic carbocycles. The zero-order valence-corrected chi connectivity index (χ0v) is 15.8. The number of nitrogens with zero attached hydrogens (tertiary/aromatic N) is 3. The summed E-state index contributed by atoms with van der Waals surface area (Å²) in [5, 5.41) is 2.40. The number of aromatic nitrogens is 1. The molecule has 0 atom stereocenters. The van der Waals surface area contributed by atoms with Crippen LogP contribution in [0, 0.1) is 0 Å². The van der Waals surface area contributed by atoms with E-state index in [2.05, 4.69) is 4.98 Å². The Morgan fingerprint density at radius 2 is 1.80 bits per heavy atom. The third-order valence-corrected chi connectivity index (χ3v) is 6.64. The van der Waals surface area contributed by atoms with Gasteiger partial charge in [0.25, 0.3) is 5.91 Å². The second-order valence-corrected chi connectivity index (χ2v) is 8.22. The number of amides is 1. The summed E-state index contributed by atoms with van der Waals surface area (Å²) in [4.78, 5) is 18.5. The van der Waals surface area contributed by atoms with E-state index in [-0.39, 0.29) is 36.3 Å². The van der Waals surface area contributed by atoms with Gasteiger partial charge in [0.05, 0.1) is 4.90 Å². The summed E-state index contributed by atoms with van der Waals surface area (Å²) in [5.41, 5.74) is 5.89. The highest BCUT2D eigenvalue weighted by Gasteiger charge is 2.30. The fourth-order valence-electron chi connectivity index (χ4n) is 2.54. The van der Waals surface area contributed by atoms with Crippen molar-refractivity contribution >= 4 is 39.7 Å². The van der Waals surface area contributed by atoms with Crippen LogP contribution in [0.5, 0.6) is 0 Å². The maximum atomic E-state index is 12.6. The van der Waals surface area contributed by atoms with Gasteiger partial charge in [0.1, 0.15) is 10.7 Å². The van der Waals surface area contributed by atoms with E-state index in [4.69, 9.17) is 5.73 Å². The normalized spacial score (nSPS) is 15.6. The van der Waals surface area contributed by atoms with Gasteiger partial charge in [-0.2, -0.15) is 4.31 Å². The van der Waals surface area contributed by atoms with Gasteiger partial charge in [-0.1, -0.05) is 18.2 Å². The van der Waals surface area contributed by atoms with E-state index in [0.29, 0.717) is 30.3 Å². The van der Waals surface area contributed by atoms with Crippen LogP contribution in [-0.4, -0.2) is 54.7 Å². The van der Waals surface area contributed by atoms with Gasteiger partial charge in [-0.05, 0) is 12.1 Å². The Kier molecular flexibility index (Phi) is 6.53. The van der Waals surface area contributed by atoms with Gasteiger partial charge in [0.2, 0.25) is 10.0 Å². The molecule has 3 rings (SSSR count). The Hall–Kier alpha value is -1.52. The van der Waals surface area contributed by atoms with Crippen LogP contribution in [0.2, 0.25) is 0 Å². The minimum Gasteiger partial charge on any atom is -0.335 e. The fourth-order valence-corrected chi connectivity index (χ4v) is 4.63. The molecule has 0 spiro atoms. The van der Waals surface area contributed by atoms with E-state index in [1.165, 1.54) is 15.6 Å². The average Bonchev–Trinajstić information content (AvgIpc) is 3.11. The molecule has 0 bridgehead atoms. The van der Waals surface area contributed by atoms with Crippen molar-refractivity contribution in [2.45, 2.75) is 11.4 Å². The van der Waals surface area contributed by atoms with E-state index in [0.717, 1.165) is 0 Å². The maximum Gasteiger partial charge on any atom is 0.273 e. The van der Waals surface area contributed by atoms with Crippen LogP contribution >= 0.6 is 23.7 Å². The minimum absolute atomic E-state index is 0. The average molecular weight is 403 g/mol. The number of piperazine rings is 1. The largest absolute Gasteiger partial charge is 0.335 e. The molecule has 0 saturated carbocycles. The van der Waals surface area contributed by atoms with Gasteiger partial charge < -0.3 is 10.6 Å². The first kappa shape index (κ1) is 19.8. The third-order valence-electron chi connectivity index (χ3n) is 3.85. The summed E-state index contributed by atoms with van der Waals surface area (Å²) in [5.74, 6) is -0.178. The van der Waals surface area contributed by atoms with Crippen molar-refractivity contribution in [1.29, 1.82) is 0 Å². The molecule has 136 valence electrons. The van der Waals surface area contributed by atoms with E-state index in [9.17, 15) is 13.2 Å². The summed E-state index contributed by atoms with van der Waals surface area (Å²) in [6.45, 7) is 1.55. The molecule has 1 aromatic heterocycles. The molecule has 0 radical (unpaired) electrons. The summed E-state index contributed by atoms with van der Waals surface area (Å²) < 4.78 is 26.6. The van der Waals surface area contributed by atoms with Gasteiger partial charge in [0.15, 0.2) is 0 Å². The lowest BCUT2D eigenvalue weighted by molar-refractivity contribution is 0.0692. The van der Waals surface area contributed by atoms with E-state index in [1.54, 1.807) is 40.6 Å². The van der Waals surface area contributed by atoms with Crippen molar-refractivity contribution in [2.24, 2.45) is 5.73 Å². The van der Waals surface area contributed by atoms with Gasteiger partial charge in [0, 0.05) is 38.1 Å². The summed E-state index contributed by atoms with van der Waals surface area (Å²) in [6, 6.07) is 8.33. The number of carbonyl (C=O) groups excluding carboxylic acids is 1. The zero-order valence-electron chi connectivity index (χ0n) is 13.4. The Labute approximate surface area is 156 Å². The molecule has 2 aromatic rings. The lowest BCUT2D eigenvalue weighted by atomic mass is 10.3. The van der Waals surface area contributed by atoms with Gasteiger partial charge in [-0.15, -0.1) is 23.7 Å². The number of sulfonamides is 1. The zero-order chi connectivity index (χ0) is 17.2. The molecule has 0 unspecified atom stereocenters. The molecule has 1 aliphatic rings. The molecule has 1 aliphatic heterocycles. The number of benzene rings is 1. The standard InChI is InChI=1S/C15H18N4O3S2.ClH/c16-10-14-17-13(11-23-14)15(20)18-6-8-19(9-7-18)24(21,22)12-4-2-1-3-5-12;/h1-5,11H,6-10,16H2;1H. The lowest BCUT2D eigenvalue weighted by Gasteiger charge is -2.33. The highest BCUT2D eigenvalue weighted by molar-refractivity contribution is 7.89. The number of carbonyl (C=O) groups is 1. The van der Waals surface area contributed by atoms with Crippen molar-refractivity contribution in [3.8, 4) is 0 Å². The summed E-state index contributed by atoms with van der Waals surface area (Å²) in [7, 11) is -3.51. The summed E-state index contributed by atoms with van der Waals surface area (Å²) in [6.07, 6.45) is 0. The van der Waals surface area contributed by atoms with Crippen molar-refractivity contribution in [1.82, 2.24) is 14.2 Å². The van der Waals surface area contributed by atoms with Crippen LogP contribution in [0.15, 0.2) is 40.6 Å². The van der Waals surface area contributed by atoms with Crippen molar-refractivity contribution < 1.29 is 13.2 Å².